The zero-order chi connectivity index (χ0) is 15.7. The highest BCUT2D eigenvalue weighted by Gasteiger charge is 1.97. The number of hydrogen-bond donors (Lipinski definition) is 2. The van der Waals surface area contributed by atoms with Crippen molar-refractivity contribution < 1.29 is 29.2 Å². The molecule has 0 rings (SSSR count). The lowest BCUT2D eigenvalue weighted by molar-refractivity contribution is -0.137. The minimum Gasteiger partial charge on any atom is -0.469 e. The van der Waals surface area contributed by atoms with Crippen molar-refractivity contribution in [1.82, 2.24) is 0 Å². The fraction of sp³-hybridized carbons (Fsp3) is 0.923. The summed E-state index contributed by atoms with van der Waals surface area (Å²) < 4.78 is 13.8. The third-order valence-corrected chi connectivity index (χ3v) is 1.41. The Morgan fingerprint density at radius 3 is 1.42 bits per heavy atom. The average molecular weight is 282 g/mol. The van der Waals surface area contributed by atoms with Crippen LogP contribution in [0.3, 0.4) is 0 Å². The second kappa shape index (κ2) is 19.6. The van der Waals surface area contributed by atoms with Crippen molar-refractivity contribution in [1.29, 1.82) is 0 Å². The molecule has 19 heavy (non-hydrogen) atoms. The Balaban J connectivity index is -0.000000219. The van der Waals surface area contributed by atoms with Crippen LogP contribution in [0.25, 0.3) is 0 Å². The van der Waals surface area contributed by atoms with Crippen LogP contribution in [0.1, 0.15) is 34.6 Å². The van der Waals surface area contributed by atoms with Gasteiger partial charge in [0, 0.05) is 20.1 Å². The lowest BCUT2D eigenvalue weighted by Gasteiger charge is -2.06. The van der Waals surface area contributed by atoms with Gasteiger partial charge in [0.25, 0.3) is 0 Å². The molecular formula is C13H30O6. The van der Waals surface area contributed by atoms with E-state index in [2.05, 4.69) is 4.74 Å². The molecule has 0 saturated carbocycles. The Morgan fingerprint density at radius 2 is 1.32 bits per heavy atom. The summed E-state index contributed by atoms with van der Waals surface area (Å²) in [4.78, 5) is 9.59. The molecule has 0 aliphatic rings. The molecule has 0 fully saturated rings. The molecule has 0 aromatic heterocycles. The number of carbonyl (C=O) groups excluding carboxylic acids is 1. The topological polar surface area (TPSA) is 85.2 Å². The highest BCUT2D eigenvalue weighted by atomic mass is 16.5. The van der Waals surface area contributed by atoms with Crippen LogP contribution in [0.5, 0.6) is 0 Å². The molecule has 2 unspecified atom stereocenters. The summed E-state index contributed by atoms with van der Waals surface area (Å²) in [5, 5.41) is 17.3. The zero-order valence-corrected chi connectivity index (χ0v) is 13.0. The fourth-order valence-corrected chi connectivity index (χ4v) is 0.613. The smallest absolute Gasteiger partial charge is 0.302 e. The van der Waals surface area contributed by atoms with Crippen LogP contribution < -0.4 is 0 Å². The van der Waals surface area contributed by atoms with Crippen LogP contribution >= 0.6 is 0 Å². The molecule has 0 bridgehead atoms. The van der Waals surface area contributed by atoms with Crippen molar-refractivity contribution in [3.05, 3.63) is 0 Å². The number of esters is 1. The Morgan fingerprint density at radius 1 is 1.00 bits per heavy atom. The molecule has 0 aliphatic heterocycles. The number of rotatable bonds is 6. The van der Waals surface area contributed by atoms with Crippen molar-refractivity contribution in [2.75, 3.05) is 33.5 Å². The van der Waals surface area contributed by atoms with Gasteiger partial charge in [-0.15, -0.1) is 0 Å². The van der Waals surface area contributed by atoms with Crippen LogP contribution in [-0.2, 0) is 19.0 Å². The van der Waals surface area contributed by atoms with E-state index >= 15 is 0 Å². The van der Waals surface area contributed by atoms with Gasteiger partial charge in [-0.3, -0.25) is 4.79 Å². The second-order valence-electron chi connectivity index (χ2n) is 3.71. The summed E-state index contributed by atoms with van der Waals surface area (Å²) in [6.07, 6.45) is -0.882. The molecule has 118 valence electrons. The molecule has 0 heterocycles. The van der Waals surface area contributed by atoms with Gasteiger partial charge in [0.05, 0.1) is 32.5 Å². The van der Waals surface area contributed by atoms with Gasteiger partial charge >= 0.3 is 5.97 Å². The first-order valence-corrected chi connectivity index (χ1v) is 6.37. The maximum atomic E-state index is 9.59. The number of ether oxygens (including phenoxy) is 3. The molecule has 0 saturated heterocycles. The standard InChI is InChI=1S/C6H14O3.C4H10O.C3H6O2/c1-5(7)3-9-4-6(2)8;1-3-5-4-2;1-3(4)5-2/h5-8H,3-4H2,1-2H3;3-4H2,1-2H3;1-2H3. The first kappa shape index (κ1) is 23.4. The third kappa shape index (κ3) is 46.8. The van der Waals surface area contributed by atoms with Gasteiger partial charge in [-0.25, -0.2) is 0 Å². The summed E-state index contributed by atoms with van der Waals surface area (Å²) >= 11 is 0. The SMILES string of the molecule is CC(O)COCC(C)O.CCOCC.COC(C)=O. The van der Waals surface area contributed by atoms with E-state index < -0.39 is 12.2 Å². The molecule has 2 atom stereocenters. The van der Waals surface area contributed by atoms with E-state index in [0.29, 0.717) is 13.2 Å². The number of methoxy groups -OCH3 is 1. The van der Waals surface area contributed by atoms with Crippen molar-refractivity contribution in [3.63, 3.8) is 0 Å². The summed E-state index contributed by atoms with van der Waals surface area (Å²) in [6.45, 7) is 10.9. The normalized spacial score (nSPS) is 12.2. The maximum absolute atomic E-state index is 9.59. The maximum Gasteiger partial charge on any atom is 0.302 e. The first-order chi connectivity index (χ1) is 8.81. The molecule has 2 N–H and O–H groups in total. The largest absolute Gasteiger partial charge is 0.469 e. The molecule has 0 spiro atoms. The summed E-state index contributed by atoms with van der Waals surface area (Å²) in [5.74, 6) is -0.245. The van der Waals surface area contributed by atoms with Crippen molar-refractivity contribution in [2.45, 2.75) is 46.8 Å². The van der Waals surface area contributed by atoms with Crippen molar-refractivity contribution >= 4 is 5.97 Å². The van der Waals surface area contributed by atoms with E-state index in [-0.39, 0.29) is 5.97 Å². The molecule has 6 heteroatoms. The van der Waals surface area contributed by atoms with E-state index in [0.717, 1.165) is 13.2 Å². The highest BCUT2D eigenvalue weighted by molar-refractivity contribution is 5.65. The predicted octanol–water partition coefficient (Wildman–Crippen LogP) is 0.987. The number of hydrogen-bond acceptors (Lipinski definition) is 6. The summed E-state index contributed by atoms with van der Waals surface area (Å²) in [6, 6.07) is 0. The Labute approximate surface area is 116 Å². The van der Waals surface area contributed by atoms with Crippen molar-refractivity contribution in [2.24, 2.45) is 0 Å². The lowest BCUT2D eigenvalue weighted by Crippen LogP contribution is -2.16. The monoisotopic (exact) mass is 282 g/mol. The van der Waals surface area contributed by atoms with Gasteiger partial charge in [-0.1, -0.05) is 0 Å². The summed E-state index contributed by atoms with van der Waals surface area (Å²) in [5.41, 5.74) is 0. The van der Waals surface area contributed by atoms with Gasteiger partial charge in [0.2, 0.25) is 0 Å². The molecule has 0 aromatic carbocycles. The molecule has 0 amide bonds. The van der Waals surface area contributed by atoms with Gasteiger partial charge in [0.15, 0.2) is 0 Å². The van der Waals surface area contributed by atoms with Crippen LogP contribution in [0.4, 0.5) is 0 Å². The lowest BCUT2D eigenvalue weighted by atomic mass is 10.4. The van der Waals surface area contributed by atoms with E-state index in [9.17, 15) is 4.79 Å². The Kier molecular flexibility index (Phi) is 24.2. The Hall–Kier alpha value is -0.690. The average Bonchev–Trinajstić information content (AvgIpc) is 2.30. The quantitative estimate of drug-likeness (QED) is 0.707. The molecule has 6 nitrogen and oxygen atoms in total. The zero-order valence-electron chi connectivity index (χ0n) is 13.0. The molecule has 0 aliphatic carbocycles. The molecule has 0 aromatic rings. The number of aliphatic hydroxyl groups excluding tert-OH is 2. The Bertz CT molecular complexity index is 161. The molecule has 0 radical (unpaired) electrons. The van der Waals surface area contributed by atoms with Gasteiger partial charge in [0.1, 0.15) is 0 Å². The van der Waals surface area contributed by atoms with Gasteiger partial charge in [-0.05, 0) is 27.7 Å². The number of aliphatic hydroxyl groups is 2. The predicted molar refractivity (Wildman–Crippen MR) is 74.0 cm³/mol. The van der Waals surface area contributed by atoms with Crippen molar-refractivity contribution in [3.8, 4) is 0 Å². The van der Waals surface area contributed by atoms with Crippen LogP contribution in [0.2, 0.25) is 0 Å². The first-order valence-electron chi connectivity index (χ1n) is 6.37. The van der Waals surface area contributed by atoms with E-state index in [4.69, 9.17) is 19.7 Å². The van der Waals surface area contributed by atoms with Gasteiger partial charge in [-0.2, -0.15) is 0 Å². The molecular weight excluding hydrogens is 252 g/mol. The third-order valence-electron chi connectivity index (χ3n) is 1.41. The minimum atomic E-state index is -0.441. The van der Waals surface area contributed by atoms with Crippen LogP contribution in [0.15, 0.2) is 0 Å². The highest BCUT2D eigenvalue weighted by Crippen LogP contribution is 1.85. The van der Waals surface area contributed by atoms with Crippen LogP contribution in [-0.4, -0.2) is 61.9 Å². The van der Waals surface area contributed by atoms with Crippen LogP contribution in [0, 0.1) is 0 Å². The number of carbonyl (C=O) groups is 1. The van der Waals surface area contributed by atoms with E-state index in [1.165, 1.54) is 14.0 Å². The van der Waals surface area contributed by atoms with E-state index in [1.807, 2.05) is 13.8 Å². The van der Waals surface area contributed by atoms with Gasteiger partial charge < -0.3 is 24.4 Å². The minimum absolute atomic E-state index is 0.245. The second-order valence-corrected chi connectivity index (χ2v) is 3.71. The fourth-order valence-electron chi connectivity index (χ4n) is 0.613. The summed E-state index contributed by atoms with van der Waals surface area (Å²) in [7, 11) is 1.35. The van der Waals surface area contributed by atoms with E-state index in [1.54, 1.807) is 13.8 Å².